The zero-order valence-corrected chi connectivity index (χ0v) is 15.1. The van der Waals surface area contributed by atoms with Gasteiger partial charge in [-0.05, 0) is 63.6 Å². The van der Waals surface area contributed by atoms with Gasteiger partial charge >= 0.3 is 6.09 Å². The van der Waals surface area contributed by atoms with Crippen LogP contribution in [0.3, 0.4) is 0 Å². The van der Waals surface area contributed by atoms with Crippen LogP contribution in [0.15, 0.2) is 24.3 Å². The first-order chi connectivity index (χ1) is 11.3. The van der Waals surface area contributed by atoms with Crippen LogP contribution in [0.4, 0.5) is 10.5 Å². The van der Waals surface area contributed by atoms with Gasteiger partial charge in [0.2, 0.25) is 0 Å². The molecule has 1 aromatic rings. The Morgan fingerprint density at radius 1 is 1.21 bits per heavy atom. The number of nitrogen functional groups attached to an aromatic ring is 1. The van der Waals surface area contributed by atoms with E-state index >= 15 is 0 Å². The molecule has 5 heteroatoms. The molecule has 0 spiro atoms. The Morgan fingerprint density at radius 3 is 2.42 bits per heavy atom. The third-order valence-electron chi connectivity index (χ3n) is 4.19. The van der Waals surface area contributed by atoms with Crippen molar-refractivity contribution in [3.05, 3.63) is 29.8 Å². The summed E-state index contributed by atoms with van der Waals surface area (Å²) in [6.45, 7) is 8.62. The minimum Gasteiger partial charge on any atom is -0.444 e. The average molecular weight is 334 g/mol. The molecule has 0 unspecified atom stereocenters. The van der Waals surface area contributed by atoms with E-state index in [1.807, 2.05) is 49.9 Å². The SMILES string of the molecule is CC(C)(C)OC(=O)N1CCC(CCOCc2ccc(N)cc2)CC1. The van der Waals surface area contributed by atoms with Gasteiger partial charge in [-0.3, -0.25) is 0 Å². The molecule has 2 rings (SSSR count). The van der Waals surface area contributed by atoms with Crippen molar-refractivity contribution in [2.75, 3.05) is 25.4 Å². The van der Waals surface area contributed by atoms with Crippen LogP contribution in [0.5, 0.6) is 0 Å². The number of nitrogens with two attached hydrogens (primary N) is 1. The van der Waals surface area contributed by atoms with Crippen molar-refractivity contribution in [1.82, 2.24) is 4.90 Å². The summed E-state index contributed by atoms with van der Waals surface area (Å²) < 4.78 is 11.2. The molecule has 0 saturated carbocycles. The first kappa shape index (κ1) is 18.6. The Labute approximate surface area is 145 Å². The van der Waals surface area contributed by atoms with Gasteiger partial charge in [0, 0.05) is 25.4 Å². The second kappa shape index (κ2) is 8.38. The maximum Gasteiger partial charge on any atom is 0.410 e. The lowest BCUT2D eigenvalue weighted by Crippen LogP contribution is -2.41. The summed E-state index contributed by atoms with van der Waals surface area (Å²) in [4.78, 5) is 13.8. The van der Waals surface area contributed by atoms with E-state index in [9.17, 15) is 4.79 Å². The summed E-state index contributed by atoms with van der Waals surface area (Å²) >= 11 is 0. The van der Waals surface area contributed by atoms with Gasteiger partial charge in [-0.1, -0.05) is 12.1 Å². The summed E-state index contributed by atoms with van der Waals surface area (Å²) in [7, 11) is 0. The van der Waals surface area contributed by atoms with Gasteiger partial charge < -0.3 is 20.1 Å². The molecule has 0 atom stereocenters. The van der Waals surface area contributed by atoms with E-state index in [1.54, 1.807) is 0 Å². The number of benzene rings is 1. The predicted octanol–water partition coefficient (Wildman–Crippen LogP) is 3.82. The third-order valence-corrected chi connectivity index (χ3v) is 4.19. The molecule has 1 aliphatic heterocycles. The van der Waals surface area contributed by atoms with Gasteiger partial charge in [0.15, 0.2) is 0 Å². The molecule has 1 fully saturated rings. The number of piperidine rings is 1. The average Bonchev–Trinajstić information content (AvgIpc) is 2.52. The zero-order valence-electron chi connectivity index (χ0n) is 15.1. The normalized spacial score (nSPS) is 16.2. The molecule has 0 radical (unpaired) electrons. The quantitative estimate of drug-likeness (QED) is 0.656. The molecule has 24 heavy (non-hydrogen) atoms. The van der Waals surface area contributed by atoms with E-state index in [-0.39, 0.29) is 6.09 Å². The predicted molar refractivity (Wildman–Crippen MR) is 95.7 cm³/mol. The van der Waals surface area contributed by atoms with E-state index < -0.39 is 5.60 Å². The molecule has 0 aromatic heterocycles. The minimum atomic E-state index is -0.427. The Bertz CT molecular complexity index is 514. The van der Waals surface area contributed by atoms with Gasteiger partial charge in [-0.15, -0.1) is 0 Å². The van der Waals surface area contributed by atoms with Gasteiger partial charge in [0.1, 0.15) is 5.60 Å². The molecular weight excluding hydrogens is 304 g/mol. The maximum atomic E-state index is 12.0. The highest BCUT2D eigenvalue weighted by molar-refractivity contribution is 5.68. The molecule has 1 amide bonds. The Balaban J connectivity index is 1.61. The number of likely N-dealkylation sites (tertiary alicyclic amines) is 1. The van der Waals surface area contributed by atoms with Crippen molar-refractivity contribution in [2.24, 2.45) is 5.92 Å². The Kier molecular flexibility index (Phi) is 6.49. The van der Waals surface area contributed by atoms with Crippen LogP contribution in [0, 0.1) is 5.92 Å². The molecule has 1 aromatic carbocycles. The zero-order chi connectivity index (χ0) is 17.6. The highest BCUT2D eigenvalue weighted by Crippen LogP contribution is 2.22. The second-order valence-electron chi connectivity index (χ2n) is 7.49. The van der Waals surface area contributed by atoms with E-state index in [2.05, 4.69) is 0 Å². The van der Waals surface area contributed by atoms with Crippen LogP contribution >= 0.6 is 0 Å². The van der Waals surface area contributed by atoms with E-state index in [4.69, 9.17) is 15.2 Å². The smallest absolute Gasteiger partial charge is 0.410 e. The summed E-state index contributed by atoms with van der Waals surface area (Å²) in [5.74, 6) is 0.620. The Morgan fingerprint density at radius 2 is 1.83 bits per heavy atom. The number of anilines is 1. The van der Waals surface area contributed by atoms with Crippen LogP contribution in [0.25, 0.3) is 0 Å². The highest BCUT2D eigenvalue weighted by Gasteiger charge is 2.26. The lowest BCUT2D eigenvalue weighted by atomic mass is 9.94. The monoisotopic (exact) mass is 334 g/mol. The lowest BCUT2D eigenvalue weighted by molar-refractivity contribution is 0.0164. The van der Waals surface area contributed by atoms with Crippen LogP contribution in [-0.2, 0) is 16.1 Å². The molecule has 1 aliphatic rings. The van der Waals surface area contributed by atoms with Crippen LogP contribution in [0.2, 0.25) is 0 Å². The number of carbonyl (C=O) groups is 1. The van der Waals surface area contributed by atoms with Crippen molar-refractivity contribution >= 4 is 11.8 Å². The fraction of sp³-hybridized carbons (Fsp3) is 0.632. The molecule has 1 heterocycles. The molecule has 0 bridgehead atoms. The number of hydrogen-bond donors (Lipinski definition) is 1. The highest BCUT2D eigenvalue weighted by atomic mass is 16.6. The summed E-state index contributed by atoms with van der Waals surface area (Å²) in [6.07, 6.45) is 2.88. The summed E-state index contributed by atoms with van der Waals surface area (Å²) in [6, 6.07) is 7.78. The number of carbonyl (C=O) groups excluding carboxylic acids is 1. The number of rotatable bonds is 5. The maximum absolute atomic E-state index is 12.0. The van der Waals surface area contributed by atoms with Crippen LogP contribution < -0.4 is 5.73 Å². The second-order valence-corrected chi connectivity index (χ2v) is 7.49. The van der Waals surface area contributed by atoms with Gasteiger partial charge in [-0.2, -0.15) is 0 Å². The van der Waals surface area contributed by atoms with Gasteiger partial charge in [-0.25, -0.2) is 4.79 Å². The van der Waals surface area contributed by atoms with Gasteiger partial charge in [0.25, 0.3) is 0 Å². The Hall–Kier alpha value is -1.75. The summed E-state index contributed by atoms with van der Waals surface area (Å²) in [5, 5.41) is 0. The molecule has 2 N–H and O–H groups in total. The van der Waals surface area contributed by atoms with E-state index in [0.29, 0.717) is 12.5 Å². The fourth-order valence-electron chi connectivity index (χ4n) is 2.78. The third kappa shape index (κ3) is 6.40. The first-order valence-electron chi connectivity index (χ1n) is 8.73. The lowest BCUT2D eigenvalue weighted by Gasteiger charge is -2.33. The van der Waals surface area contributed by atoms with E-state index in [0.717, 1.165) is 50.2 Å². The van der Waals surface area contributed by atoms with Crippen molar-refractivity contribution in [3.63, 3.8) is 0 Å². The number of amides is 1. The van der Waals surface area contributed by atoms with E-state index in [1.165, 1.54) is 0 Å². The molecule has 5 nitrogen and oxygen atoms in total. The summed E-state index contributed by atoms with van der Waals surface area (Å²) in [5.41, 5.74) is 7.16. The van der Waals surface area contributed by atoms with Crippen LogP contribution in [0.1, 0.15) is 45.6 Å². The number of nitrogens with zero attached hydrogens (tertiary/aromatic N) is 1. The first-order valence-corrected chi connectivity index (χ1v) is 8.73. The number of ether oxygens (including phenoxy) is 2. The number of hydrogen-bond acceptors (Lipinski definition) is 4. The fourth-order valence-corrected chi connectivity index (χ4v) is 2.78. The molecule has 134 valence electrons. The minimum absolute atomic E-state index is 0.194. The van der Waals surface area contributed by atoms with Crippen molar-refractivity contribution in [2.45, 2.75) is 52.2 Å². The van der Waals surface area contributed by atoms with Gasteiger partial charge in [0.05, 0.1) is 6.61 Å². The van der Waals surface area contributed by atoms with Crippen molar-refractivity contribution in [1.29, 1.82) is 0 Å². The molecule has 1 saturated heterocycles. The van der Waals surface area contributed by atoms with Crippen LogP contribution in [-0.4, -0.2) is 36.3 Å². The van der Waals surface area contributed by atoms with Crippen molar-refractivity contribution < 1.29 is 14.3 Å². The molecular formula is C19H30N2O3. The topological polar surface area (TPSA) is 64.8 Å². The standard InChI is InChI=1S/C19H30N2O3/c1-19(2,3)24-18(22)21-11-8-15(9-12-21)10-13-23-14-16-4-6-17(20)7-5-16/h4-7,15H,8-14,20H2,1-3H3. The van der Waals surface area contributed by atoms with Crippen molar-refractivity contribution in [3.8, 4) is 0 Å². The largest absolute Gasteiger partial charge is 0.444 e. The molecule has 0 aliphatic carbocycles.